The van der Waals surface area contributed by atoms with Gasteiger partial charge >= 0.3 is 5.97 Å². The van der Waals surface area contributed by atoms with Crippen molar-refractivity contribution in [1.82, 2.24) is 0 Å². The monoisotopic (exact) mass is 518 g/mol. The van der Waals surface area contributed by atoms with Crippen LogP contribution in [0.1, 0.15) is 85.0 Å². The zero-order valence-electron chi connectivity index (χ0n) is 23.0. The van der Waals surface area contributed by atoms with Crippen molar-refractivity contribution in [3.8, 4) is 0 Å². The second-order valence-electron chi connectivity index (χ2n) is 13.6. The van der Waals surface area contributed by atoms with Gasteiger partial charge in [0.2, 0.25) is 0 Å². The second kappa shape index (κ2) is 9.29. The van der Waals surface area contributed by atoms with Crippen LogP contribution in [0.15, 0.2) is 11.6 Å². The molecule has 2 N–H and O–H groups in total. The zero-order chi connectivity index (χ0) is 26.2. The van der Waals surface area contributed by atoms with Gasteiger partial charge in [0.1, 0.15) is 12.7 Å². The molecule has 4 saturated carbocycles. The Morgan fingerprint density at radius 1 is 1.03 bits per heavy atom. The van der Waals surface area contributed by atoms with Crippen molar-refractivity contribution in [2.45, 2.75) is 121 Å². The molecule has 6 rings (SSSR count). The molecule has 37 heavy (non-hydrogen) atoms. The minimum atomic E-state index is -0.670. The van der Waals surface area contributed by atoms with Gasteiger partial charge in [-0.05, 0) is 99.4 Å². The number of aliphatic hydroxyl groups is 2. The first-order chi connectivity index (χ1) is 17.6. The van der Waals surface area contributed by atoms with Crippen LogP contribution in [0.3, 0.4) is 0 Å². The number of carbonyl (C=O) groups is 1. The summed E-state index contributed by atoms with van der Waals surface area (Å²) in [5.41, 5.74) is 0.461. The van der Waals surface area contributed by atoms with E-state index in [9.17, 15) is 15.0 Å². The van der Waals surface area contributed by atoms with Crippen LogP contribution in [0, 0.1) is 34.5 Å². The fourth-order valence-electron chi connectivity index (χ4n) is 10.0. The molecule has 0 unspecified atom stereocenters. The highest BCUT2D eigenvalue weighted by Crippen LogP contribution is 2.70. The number of hydrogen-bond donors (Lipinski definition) is 2. The molecule has 0 aromatic heterocycles. The Labute approximate surface area is 221 Å². The average Bonchev–Trinajstić information content (AvgIpc) is 3.41. The molecular weight excluding hydrogens is 472 g/mol. The van der Waals surface area contributed by atoms with Gasteiger partial charge < -0.3 is 29.2 Å². The van der Waals surface area contributed by atoms with E-state index < -0.39 is 11.7 Å². The number of esters is 1. The zero-order valence-corrected chi connectivity index (χ0v) is 23.0. The van der Waals surface area contributed by atoms with Crippen molar-refractivity contribution in [3.05, 3.63) is 11.6 Å². The minimum absolute atomic E-state index is 0.166. The Morgan fingerprint density at radius 3 is 2.57 bits per heavy atom. The maximum atomic E-state index is 12.4. The molecule has 6 aliphatic rings. The fraction of sp³-hybridized carbons (Fsp3) is 0.900. The summed E-state index contributed by atoms with van der Waals surface area (Å²) in [4.78, 5) is 11.8. The summed E-state index contributed by atoms with van der Waals surface area (Å²) < 4.78 is 23.2. The summed E-state index contributed by atoms with van der Waals surface area (Å²) in [5.74, 6) is 1.45. The lowest BCUT2D eigenvalue weighted by atomic mass is 9.43. The van der Waals surface area contributed by atoms with Crippen LogP contribution in [0.25, 0.3) is 0 Å². The lowest BCUT2D eigenvalue weighted by Gasteiger charge is -2.64. The molecule has 0 aromatic rings. The van der Waals surface area contributed by atoms with E-state index in [4.69, 9.17) is 18.9 Å². The highest BCUT2D eigenvalue weighted by molar-refractivity contribution is 5.85. The van der Waals surface area contributed by atoms with Gasteiger partial charge in [0, 0.05) is 25.0 Å². The maximum absolute atomic E-state index is 12.4. The Hall–Kier alpha value is -0.990. The molecular formula is C30H46O7. The SMILES string of the molecule is CO[C@H]1C[C@H](O[C@H]2CC[C@@]3(C)[C@H](CC[C@@H]4[C@@H]3CC[C@]3(C)[C@@H](C5=CC(=O)OC5)CC[C@]43O)C2)O[C@H](C)[C@@H]1O. The molecule has 0 aromatic carbocycles. The first kappa shape index (κ1) is 26.2. The van der Waals surface area contributed by atoms with E-state index in [1.54, 1.807) is 13.2 Å². The van der Waals surface area contributed by atoms with E-state index in [1.165, 1.54) is 0 Å². The molecule has 0 spiro atoms. The molecule has 7 heteroatoms. The van der Waals surface area contributed by atoms with E-state index in [-0.39, 0.29) is 47.3 Å². The first-order valence-electron chi connectivity index (χ1n) is 14.7. The number of fused-ring (bicyclic) bond motifs is 5. The van der Waals surface area contributed by atoms with Gasteiger partial charge in [-0.15, -0.1) is 0 Å². The third-order valence-electron chi connectivity index (χ3n) is 12.2. The predicted octanol–water partition coefficient (Wildman–Crippen LogP) is 4.14. The number of carbonyl (C=O) groups excluding carboxylic acids is 1. The molecule has 5 fully saturated rings. The summed E-state index contributed by atoms with van der Waals surface area (Å²) in [6.45, 7) is 7.07. The molecule has 7 nitrogen and oxygen atoms in total. The van der Waals surface area contributed by atoms with Crippen molar-refractivity contribution in [2.75, 3.05) is 13.7 Å². The highest BCUT2D eigenvalue weighted by Gasteiger charge is 2.67. The van der Waals surface area contributed by atoms with Crippen molar-refractivity contribution in [3.63, 3.8) is 0 Å². The molecule has 2 aliphatic heterocycles. The standard InChI is InChI=1S/C30H46O7/c1-17-27(32)24(34-4)15-26(36-17)37-20-7-10-28(2)19(14-20)5-6-23-22(28)8-11-29(3)21(9-12-30(23,29)33)18-13-25(31)35-16-18/h13,17,19-24,26-27,32-33H,5-12,14-16H2,1-4H3/t17-,19-,20+,21-,22+,23-,24+,26+,27+,28+,29-,30+/m1/s1. The van der Waals surface area contributed by atoms with Crippen LogP contribution >= 0.6 is 0 Å². The molecule has 208 valence electrons. The number of aliphatic hydroxyl groups excluding tert-OH is 1. The summed E-state index contributed by atoms with van der Waals surface area (Å²) >= 11 is 0. The van der Waals surface area contributed by atoms with Gasteiger partial charge in [-0.25, -0.2) is 4.79 Å². The normalized spacial score (nSPS) is 53.6. The van der Waals surface area contributed by atoms with Crippen molar-refractivity contribution < 1.29 is 34.0 Å². The van der Waals surface area contributed by atoms with Crippen molar-refractivity contribution in [2.24, 2.45) is 34.5 Å². The smallest absolute Gasteiger partial charge is 0.331 e. The largest absolute Gasteiger partial charge is 0.458 e. The van der Waals surface area contributed by atoms with Crippen LogP contribution < -0.4 is 0 Å². The molecule has 0 amide bonds. The number of methoxy groups -OCH3 is 1. The Kier molecular flexibility index (Phi) is 6.59. The summed E-state index contributed by atoms with van der Waals surface area (Å²) in [6.07, 6.45) is 10.2. The summed E-state index contributed by atoms with van der Waals surface area (Å²) in [5, 5.41) is 22.7. The highest BCUT2D eigenvalue weighted by atomic mass is 16.7. The van der Waals surface area contributed by atoms with Gasteiger partial charge in [0.25, 0.3) is 0 Å². The van der Waals surface area contributed by atoms with Gasteiger partial charge in [0.15, 0.2) is 6.29 Å². The predicted molar refractivity (Wildman–Crippen MR) is 136 cm³/mol. The maximum Gasteiger partial charge on any atom is 0.331 e. The number of ether oxygens (including phenoxy) is 4. The van der Waals surface area contributed by atoms with E-state index in [0.717, 1.165) is 63.4 Å². The van der Waals surface area contributed by atoms with Gasteiger partial charge in [-0.3, -0.25) is 0 Å². The minimum Gasteiger partial charge on any atom is -0.458 e. The lowest BCUT2D eigenvalue weighted by Crippen LogP contribution is -2.62. The summed E-state index contributed by atoms with van der Waals surface area (Å²) in [7, 11) is 1.64. The molecule has 12 atom stereocenters. The van der Waals surface area contributed by atoms with E-state index in [0.29, 0.717) is 30.8 Å². The molecule has 4 aliphatic carbocycles. The molecule has 2 heterocycles. The van der Waals surface area contributed by atoms with Crippen molar-refractivity contribution >= 4 is 5.97 Å². The molecule has 1 saturated heterocycles. The number of hydrogen-bond acceptors (Lipinski definition) is 7. The van der Waals surface area contributed by atoms with Crippen LogP contribution in [-0.4, -0.2) is 66.2 Å². The van der Waals surface area contributed by atoms with Crippen LogP contribution in [0.5, 0.6) is 0 Å². The van der Waals surface area contributed by atoms with Crippen LogP contribution in [0.4, 0.5) is 0 Å². The van der Waals surface area contributed by atoms with Crippen LogP contribution in [-0.2, 0) is 23.7 Å². The molecule has 0 bridgehead atoms. The Bertz CT molecular complexity index is 935. The van der Waals surface area contributed by atoms with Gasteiger partial charge in [0.05, 0.1) is 23.9 Å². The van der Waals surface area contributed by atoms with Crippen molar-refractivity contribution in [1.29, 1.82) is 0 Å². The summed E-state index contributed by atoms with van der Waals surface area (Å²) in [6, 6.07) is 0. The number of cyclic esters (lactones) is 1. The first-order valence-corrected chi connectivity index (χ1v) is 14.7. The third kappa shape index (κ3) is 3.97. The van der Waals surface area contributed by atoms with E-state index in [2.05, 4.69) is 13.8 Å². The lowest BCUT2D eigenvalue weighted by molar-refractivity contribution is -0.273. The van der Waals surface area contributed by atoms with Gasteiger partial charge in [-0.2, -0.15) is 0 Å². The third-order valence-corrected chi connectivity index (χ3v) is 12.2. The van der Waals surface area contributed by atoms with E-state index in [1.807, 2.05) is 6.92 Å². The van der Waals surface area contributed by atoms with Gasteiger partial charge in [-0.1, -0.05) is 13.8 Å². The molecule has 0 radical (unpaired) electrons. The topological polar surface area (TPSA) is 94.5 Å². The fourth-order valence-corrected chi connectivity index (χ4v) is 10.0. The van der Waals surface area contributed by atoms with E-state index >= 15 is 0 Å². The Morgan fingerprint density at radius 2 is 1.84 bits per heavy atom. The number of rotatable bonds is 4. The van der Waals surface area contributed by atoms with Crippen LogP contribution in [0.2, 0.25) is 0 Å². The second-order valence-corrected chi connectivity index (χ2v) is 13.6. The average molecular weight is 519 g/mol. The Balaban J connectivity index is 1.15. The quantitative estimate of drug-likeness (QED) is 0.427.